The third-order valence-electron chi connectivity index (χ3n) is 4.71. The Balaban J connectivity index is 1.63. The van der Waals surface area contributed by atoms with Crippen LogP contribution >= 0.6 is 0 Å². The zero-order valence-corrected chi connectivity index (χ0v) is 12.4. The van der Waals surface area contributed by atoms with Crippen molar-refractivity contribution >= 4 is 17.0 Å². The summed E-state index contributed by atoms with van der Waals surface area (Å²) in [5.41, 5.74) is 2.05. The largest absolute Gasteiger partial charge is 0.441 e. The fourth-order valence-electron chi connectivity index (χ4n) is 3.80. The number of likely N-dealkylation sites (tertiary alicyclic amines) is 2. The first-order chi connectivity index (χ1) is 10.1. The second-order valence-electron chi connectivity index (χ2n) is 6.34. The number of para-hydroxylation sites is 1. The predicted molar refractivity (Wildman–Crippen MR) is 79.1 cm³/mol. The molecule has 2 aromatic rings. The van der Waals surface area contributed by atoms with Gasteiger partial charge < -0.3 is 14.2 Å². The quantitative estimate of drug-likeness (QED) is 0.801. The Morgan fingerprint density at radius 2 is 1.95 bits per heavy atom. The first-order valence-electron chi connectivity index (χ1n) is 7.46. The van der Waals surface area contributed by atoms with Gasteiger partial charge in [-0.15, -0.1) is 0 Å². The number of benzene rings is 1. The molecular formula is C16H19N3O2. The minimum atomic E-state index is 0.0888. The fraction of sp³-hybridized carbons (Fsp3) is 0.500. The minimum Gasteiger partial charge on any atom is -0.441 e. The second kappa shape index (κ2) is 4.56. The maximum atomic E-state index is 12.8. The zero-order valence-electron chi connectivity index (χ0n) is 12.4. The lowest BCUT2D eigenvalue weighted by atomic mass is 10.0. The summed E-state index contributed by atoms with van der Waals surface area (Å²) < 4.78 is 5.52. The van der Waals surface area contributed by atoms with Gasteiger partial charge in [0.25, 0.3) is 5.91 Å². The Bertz CT molecular complexity index is 695. The van der Waals surface area contributed by atoms with Gasteiger partial charge in [-0.2, -0.15) is 0 Å². The Kier molecular flexibility index (Phi) is 2.79. The third kappa shape index (κ3) is 2.03. The summed E-state index contributed by atoms with van der Waals surface area (Å²) in [7, 11) is 2.16. The van der Waals surface area contributed by atoms with Gasteiger partial charge in [0.1, 0.15) is 5.52 Å². The number of aromatic nitrogens is 1. The van der Waals surface area contributed by atoms with Gasteiger partial charge in [0.15, 0.2) is 11.5 Å². The molecule has 2 aliphatic rings. The van der Waals surface area contributed by atoms with Crippen LogP contribution < -0.4 is 0 Å². The normalized spacial score (nSPS) is 25.7. The number of hydrogen-bond donors (Lipinski definition) is 0. The molecule has 1 amide bonds. The molecule has 2 atom stereocenters. The highest BCUT2D eigenvalue weighted by Crippen LogP contribution is 2.31. The van der Waals surface area contributed by atoms with Crippen LogP contribution in [0.5, 0.6) is 0 Å². The highest BCUT2D eigenvalue weighted by Gasteiger charge is 2.40. The summed E-state index contributed by atoms with van der Waals surface area (Å²) >= 11 is 0. The lowest BCUT2D eigenvalue weighted by Gasteiger charge is -2.19. The van der Waals surface area contributed by atoms with Crippen molar-refractivity contribution in [1.29, 1.82) is 0 Å². The average molecular weight is 285 g/mol. The monoisotopic (exact) mass is 285 g/mol. The van der Waals surface area contributed by atoms with Crippen molar-refractivity contribution < 1.29 is 9.21 Å². The lowest BCUT2D eigenvalue weighted by molar-refractivity contribution is 0.0777. The molecule has 4 rings (SSSR count). The topological polar surface area (TPSA) is 49.6 Å². The van der Waals surface area contributed by atoms with Crippen LogP contribution in [0.4, 0.5) is 0 Å². The van der Waals surface area contributed by atoms with Crippen LogP contribution in [0.15, 0.2) is 22.6 Å². The molecule has 0 saturated carbocycles. The van der Waals surface area contributed by atoms with Gasteiger partial charge in [-0.25, -0.2) is 4.98 Å². The highest BCUT2D eigenvalue weighted by molar-refractivity contribution is 6.04. The van der Waals surface area contributed by atoms with E-state index in [0.29, 0.717) is 34.4 Å². The molecule has 1 aromatic carbocycles. The summed E-state index contributed by atoms with van der Waals surface area (Å²) in [6, 6.07) is 5.58. The van der Waals surface area contributed by atoms with Gasteiger partial charge in [0, 0.05) is 33.1 Å². The zero-order chi connectivity index (χ0) is 14.6. The number of oxazole rings is 1. The van der Waals surface area contributed by atoms with Crippen LogP contribution in [-0.2, 0) is 0 Å². The standard InChI is InChI=1S/C16H19N3O2/c1-10-17-15-13(4-3-5-14(15)21-10)16(20)19-8-11-6-18(2)7-12(11)9-19/h3-5,11-12H,6-9H2,1-2H3/t11-,12+. The van der Waals surface area contributed by atoms with Crippen LogP contribution in [0, 0.1) is 18.8 Å². The molecule has 21 heavy (non-hydrogen) atoms. The molecule has 0 aliphatic carbocycles. The molecule has 0 unspecified atom stereocenters. The molecule has 0 bridgehead atoms. The summed E-state index contributed by atoms with van der Waals surface area (Å²) in [6.07, 6.45) is 0. The number of carbonyl (C=O) groups is 1. The van der Waals surface area contributed by atoms with Crippen molar-refractivity contribution in [3.8, 4) is 0 Å². The van der Waals surface area contributed by atoms with Gasteiger partial charge >= 0.3 is 0 Å². The van der Waals surface area contributed by atoms with E-state index in [-0.39, 0.29) is 5.91 Å². The van der Waals surface area contributed by atoms with Gasteiger partial charge in [0.05, 0.1) is 5.56 Å². The van der Waals surface area contributed by atoms with E-state index < -0.39 is 0 Å². The van der Waals surface area contributed by atoms with Crippen molar-refractivity contribution in [2.75, 3.05) is 33.2 Å². The van der Waals surface area contributed by atoms with Crippen LogP contribution in [-0.4, -0.2) is 53.9 Å². The first-order valence-corrected chi connectivity index (χ1v) is 7.46. The number of carbonyl (C=O) groups excluding carboxylic acids is 1. The number of fused-ring (bicyclic) bond motifs is 2. The van der Waals surface area contributed by atoms with Crippen LogP contribution in [0.25, 0.3) is 11.1 Å². The predicted octanol–water partition coefficient (Wildman–Crippen LogP) is 1.77. The van der Waals surface area contributed by atoms with Crippen molar-refractivity contribution in [3.63, 3.8) is 0 Å². The van der Waals surface area contributed by atoms with E-state index in [1.807, 2.05) is 30.0 Å². The number of aryl methyl sites for hydroxylation is 1. The summed E-state index contributed by atoms with van der Waals surface area (Å²) in [5, 5.41) is 0. The Labute approximate surface area is 123 Å². The highest BCUT2D eigenvalue weighted by atomic mass is 16.3. The molecule has 2 saturated heterocycles. The van der Waals surface area contributed by atoms with Gasteiger partial charge in [-0.3, -0.25) is 4.79 Å². The molecule has 5 heteroatoms. The third-order valence-corrected chi connectivity index (χ3v) is 4.71. The molecule has 0 radical (unpaired) electrons. The van der Waals surface area contributed by atoms with Crippen LogP contribution in [0.1, 0.15) is 16.2 Å². The molecule has 2 aliphatic heterocycles. The molecule has 0 N–H and O–H groups in total. The molecule has 1 aromatic heterocycles. The Morgan fingerprint density at radius 3 is 2.67 bits per heavy atom. The van der Waals surface area contributed by atoms with Crippen molar-refractivity contribution in [2.45, 2.75) is 6.92 Å². The van der Waals surface area contributed by atoms with Crippen molar-refractivity contribution in [1.82, 2.24) is 14.8 Å². The first kappa shape index (κ1) is 12.8. The van der Waals surface area contributed by atoms with E-state index >= 15 is 0 Å². The van der Waals surface area contributed by atoms with Gasteiger partial charge in [-0.1, -0.05) is 6.07 Å². The molecule has 0 spiro atoms. The van der Waals surface area contributed by atoms with Crippen LogP contribution in [0.2, 0.25) is 0 Å². The number of hydrogen-bond acceptors (Lipinski definition) is 4. The van der Waals surface area contributed by atoms with Crippen molar-refractivity contribution in [2.24, 2.45) is 11.8 Å². The molecule has 110 valence electrons. The molecule has 5 nitrogen and oxygen atoms in total. The van der Waals surface area contributed by atoms with Gasteiger partial charge in [-0.05, 0) is 31.0 Å². The van der Waals surface area contributed by atoms with E-state index in [1.165, 1.54) is 0 Å². The fourth-order valence-corrected chi connectivity index (χ4v) is 3.80. The maximum Gasteiger partial charge on any atom is 0.256 e. The maximum absolute atomic E-state index is 12.8. The number of amides is 1. The van der Waals surface area contributed by atoms with Crippen molar-refractivity contribution in [3.05, 3.63) is 29.7 Å². The van der Waals surface area contributed by atoms with E-state index in [9.17, 15) is 4.79 Å². The van der Waals surface area contributed by atoms with Gasteiger partial charge in [0.2, 0.25) is 0 Å². The Hall–Kier alpha value is -1.88. The Morgan fingerprint density at radius 1 is 1.24 bits per heavy atom. The minimum absolute atomic E-state index is 0.0888. The smallest absolute Gasteiger partial charge is 0.256 e. The van der Waals surface area contributed by atoms with E-state index in [1.54, 1.807) is 0 Å². The number of nitrogens with zero attached hydrogens (tertiary/aromatic N) is 3. The lowest BCUT2D eigenvalue weighted by Crippen LogP contribution is -2.32. The van der Waals surface area contributed by atoms with E-state index in [0.717, 1.165) is 26.2 Å². The van der Waals surface area contributed by atoms with E-state index in [2.05, 4.69) is 16.9 Å². The summed E-state index contributed by atoms with van der Waals surface area (Å²) in [4.78, 5) is 21.5. The van der Waals surface area contributed by atoms with Crippen LogP contribution in [0.3, 0.4) is 0 Å². The molecule has 2 fully saturated rings. The average Bonchev–Trinajstić information content (AvgIpc) is 3.08. The molecule has 3 heterocycles. The SMILES string of the molecule is Cc1nc2c(C(=O)N3C[C@H]4CN(C)C[C@H]4C3)cccc2o1. The second-order valence-corrected chi connectivity index (χ2v) is 6.34. The summed E-state index contributed by atoms with van der Waals surface area (Å²) in [6.45, 7) is 5.73. The summed E-state index contributed by atoms with van der Waals surface area (Å²) in [5.74, 6) is 1.94. The molecular weight excluding hydrogens is 266 g/mol. The van der Waals surface area contributed by atoms with E-state index in [4.69, 9.17) is 4.42 Å². The number of rotatable bonds is 1.